The lowest BCUT2D eigenvalue weighted by molar-refractivity contribution is -0.394. The number of nitrogens with one attached hydrogen (secondary N) is 1. The third kappa shape index (κ3) is 3.19. The molecule has 0 aliphatic carbocycles. The number of nitro benzene ring substituents is 2. The highest BCUT2D eigenvalue weighted by atomic mass is 16.6. The van der Waals surface area contributed by atoms with E-state index in [0.717, 1.165) is 18.2 Å². The van der Waals surface area contributed by atoms with Crippen molar-refractivity contribution in [1.29, 1.82) is 0 Å². The first-order chi connectivity index (χ1) is 10.5. The molecule has 10 heteroatoms. The molecule has 0 saturated carbocycles. The summed E-state index contributed by atoms with van der Waals surface area (Å²) in [6.07, 6.45) is 2.91. The molecule has 0 saturated heterocycles. The quantitative estimate of drug-likeness (QED) is 0.380. The molecule has 1 aromatic carbocycles. The zero-order valence-corrected chi connectivity index (χ0v) is 10.9. The van der Waals surface area contributed by atoms with Gasteiger partial charge in [-0.15, -0.1) is 0 Å². The van der Waals surface area contributed by atoms with Crippen LogP contribution in [0.25, 0.3) is 0 Å². The molecular weight excluding hydrogens is 294 g/mol. The highest BCUT2D eigenvalue weighted by Crippen LogP contribution is 2.25. The number of benzene rings is 1. The SMILES string of the molecule is O=[N+]([O-])c1ccc(C(=Nc2ccncc2)NO)c([N+](=O)[O-])c1. The molecule has 0 amide bonds. The molecule has 1 aromatic heterocycles. The van der Waals surface area contributed by atoms with Gasteiger partial charge in [0.05, 0.1) is 27.2 Å². The maximum atomic E-state index is 11.1. The third-order valence-electron chi connectivity index (χ3n) is 2.65. The van der Waals surface area contributed by atoms with Crippen molar-refractivity contribution in [2.45, 2.75) is 0 Å². The summed E-state index contributed by atoms with van der Waals surface area (Å²) in [4.78, 5) is 28.0. The molecule has 112 valence electrons. The second-order valence-corrected chi connectivity index (χ2v) is 3.99. The third-order valence-corrected chi connectivity index (χ3v) is 2.65. The van der Waals surface area contributed by atoms with Crippen LogP contribution in [0, 0.1) is 20.2 Å². The minimum absolute atomic E-state index is 0.0880. The lowest BCUT2D eigenvalue weighted by atomic mass is 10.1. The van der Waals surface area contributed by atoms with Gasteiger partial charge in [-0.3, -0.25) is 35.9 Å². The molecule has 22 heavy (non-hydrogen) atoms. The zero-order valence-electron chi connectivity index (χ0n) is 10.9. The van der Waals surface area contributed by atoms with Crippen molar-refractivity contribution in [3.8, 4) is 0 Å². The fourth-order valence-electron chi connectivity index (χ4n) is 1.68. The van der Waals surface area contributed by atoms with E-state index < -0.39 is 21.2 Å². The molecule has 0 radical (unpaired) electrons. The van der Waals surface area contributed by atoms with Gasteiger partial charge in [0.1, 0.15) is 0 Å². The van der Waals surface area contributed by atoms with Crippen molar-refractivity contribution in [1.82, 2.24) is 10.5 Å². The second kappa shape index (κ2) is 6.37. The molecule has 2 N–H and O–H groups in total. The van der Waals surface area contributed by atoms with Crippen LogP contribution in [0.2, 0.25) is 0 Å². The number of nitrogens with zero attached hydrogens (tertiary/aromatic N) is 4. The minimum atomic E-state index is -0.790. The number of pyridine rings is 1. The number of nitro groups is 2. The Bertz CT molecular complexity index is 747. The molecule has 10 nitrogen and oxygen atoms in total. The summed E-state index contributed by atoms with van der Waals surface area (Å²) in [6.45, 7) is 0. The first kappa shape index (κ1) is 15.0. The molecule has 0 bridgehead atoms. The van der Waals surface area contributed by atoms with Crippen molar-refractivity contribution < 1.29 is 15.1 Å². The van der Waals surface area contributed by atoms with E-state index in [9.17, 15) is 25.4 Å². The van der Waals surface area contributed by atoms with E-state index in [0.29, 0.717) is 5.69 Å². The Balaban J connectivity index is 2.56. The Labute approximate surface area is 123 Å². The van der Waals surface area contributed by atoms with Crippen LogP contribution in [0.15, 0.2) is 47.7 Å². The van der Waals surface area contributed by atoms with E-state index in [4.69, 9.17) is 0 Å². The molecule has 0 fully saturated rings. The number of non-ortho nitro benzene ring substituents is 1. The molecule has 2 aromatic rings. The first-order valence-corrected chi connectivity index (χ1v) is 5.85. The fraction of sp³-hybridized carbons (Fsp3) is 0. The lowest BCUT2D eigenvalue weighted by Crippen LogP contribution is -2.21. The number of hydrogen-bond acceptors (Lipinski definition) is 7. The topological polar surface area (TPSA) is 144 Å². The standard InChI is InChI=1S/C12H9N5O5/c18-15-12(14-8-3-5-13-6-4-8)10-2-1-9(16(19)20)7-11(10)17(21)22/h1-7,18H,(H,13,14,15). The van der Waals surface area contributed by atoms with Crippen molar-refractivity contribution in [2.24, 2.45) is 4.99 Å². The molecule has 0 spiro atoms. The van der Waals surface area contributed by atoms with E-state index in [1.807, 2.05) is 0 Å². The van der Waals surface area contributed by atoms with Crippen LogP contribution in [0.4, 0.5) is 17.1 Å². The van der Waals surface area contributed by atoms with Crippen LogP contribution in [0.3, 0.4) is 0 Å². The van der Waals surface area contributed by atoms with Crippen LogP contribution >= 0.6 is 0 Å². The molecule has 0 unspecified atom stereocenters. The Morgan fingerprint density at radius 1 is 1.14 bits per heavy atom. The first-order valence-electron chi connectivity index (χ1n) is 5.85. The monoisotopic (exact) mass is 303 g/mol. The summed E-state index contributed by atoms with van der Waals surface area (Å²) in [5.41, 5.74) is 1.08. The number of hydroxylamine groups is 1. The van der Waals surface area contributed by atoms with Crippen molar-refractivity contribution in [3.05, 3.63) is 68.5 Å². The van der Waals surface area contributed by atoms with Crippen LogP contribution < -0.4 is 5.48 Å². The summed E-state index contributed by atoms with van der Waals surface area (Å²) >= 11 is 0. The summed E-state index contributed by atoms with van der Waals surface area (Å²) in [7, 11) is 0. The van der Waals surface area contributed by atoms with Gasteiger partial charge in [0.25, 0.3) is 11.4 Å². The highest BCUT2D eigenvalue weighted by Gasteiger charge is 2.22. The van der Waals surface area contributed by atoms with Gasteiger partial charge in [0.15, 0.2) is 5.84 Å². The van der Waals surface area contributed by atoms with Crippen LogP contribution in [-0.4, -0.2) is 25.9 Å². The number of hydrogen-bond donors (Lipinski definition) is 2. The van der Waals surface area contributed by atoms with E-state index >= 15 is 0 Å². The van der Waals surface area contributed by atoms with Gasteiger partial charge in [-0.1, -0.05) is 0 Å². The van der Waals surface area contributed by atoms with Gasteiger partial charge in [0.2, 0.25) is 0 Å². The average Bonchev–Trinajstić information content (AvgIpc) is 2.53. The maximum Gasteiger partial charge on any atom is 0.287 e. The van der Waals surface area contributed by atoms with Crippen molar-refractivity contribution in [2.75, 3.05) is 0 Å². The zero-order chi connectivity index (χ0) is 16.1. The summed E-state index contributed by atoms with van der Waals surface area (Å²) in [5.74, 6) is -0.215. The highest BCUT2D eigenvalue weighted by molar-refractivity contribution is 6.03. The van der Waals surface area contributed by atoms with E-state index in [1.165, 1.54) is 24.5 Å². The average molecular weight is 303 g/mol. The van der Waals surface area contributed by atoms with Gasteiger partial charge in [-0.2, -0.15) is 0 Å². The minimum Gasteiger partial charge on any atom is -0.290 e. The number of amidine groups is 1. The normalized spacial score (nSPS) is 11.0. The molecule has 0 atom stereocenters. The van der Waals surface area contributed by atoms with Gasteiger partial charge >= 0.3 is 0 Å². The van der Waals surface area contributed by atoms with E-state index in [-0.39, 0.29) is 11.4 Å². The van der Waals surface area contributed by atoms with Gasteiger partial charge in [-0.05, 0) is 18.2 Å². The summed E-state index contributed by atoms with van der Waals surface area (Å²) < 4.78 is 0. The Hall–Kier alpha value is -3.40. The largest absolute Gasteiger partial charge is 0.290 e. The van der Waals surface area contributed by atoms with Crippen LogP contribution in [-0.2, 0) is 0 Å². The van der Waals surface area contributed by atoms with Crippen molar-refractivity contribution >= 4 is 22.9 Å². The Morgan fingerprint density at radius 3 is 2.36 bits per heavy atom. The number of aromatic nitrogens is 1. The number of aliphatic imine (C=N–C) groups is 1. The summed E-state index contributed by atoms with van der Waals surface area (Å²) in [6, 6.07) is 6.07. The van der Waals surface area contributed by atoms with E-state index in [2.05, 4.69) is 9.98 Å². The van der Waals surface area contributed by atoms with Crippen molar-refractivity contribution in [3.63, 3.8) is 0 Å². The predicted octanol–water partition coefficient (Wildman–Crippen LogP) is 1.96. The molecule has 1 heterocycles. The van der Waals surface area contributed by atoms with E-state index in [1.54, 1.807) is 5.48 Å². The van der Waals surface area contributed by atoms with Gasteiger partial charge < -0.3 is 0 Å². The van der Waals surface area contributed by atoms with Crippen LogP contribution in [0.1, 0.15) is 5.56 Å². The predicted molar refractivity (Wildman–Crippen MR) is 75.1 cm³/mol. The number of rotatable bonds is 4. The Morgan fingerprint density at radius 2 is 1.82 bits per heavy atom. The second-order valence-electron chi connectivity index (χ2n) is 3.99. The van der Waals surface area contributed by atoms with Gasteiger partial charge in [0, 0.05) is 18.5 Å². The maximum absolute atomic E-state index is 11.1. The summed E-state index contributed by atoms with van der Waals surface area (Å²) in [5, 5.41) is 30.9. The molecule has 0 aliphatic rings. The molecular formula is C12H9N5O5. The lowest BCUT2D eigenvalue weighted by Gasteiger charge is -2.06. The van der Waals surface area contributed by atoms with Gasteiger partial charge in [-0.25, -0.2) is 4.99 Å². The molecule has 2 rings (SSSR count). The molecule has 0 aliphatic heterocycles. The fourth-order valence-corrected chi connectivity index (χ4v) is 1.68. The van der Waals surface area contributed by atoms with Crippen LogP contribution in [0.5, 0.6) is 0 Å². The Kier molecular flexibility index (Phi) is 4.34. The smallest absolute Gasteiger partial charge is 0.287 e.